The van der Waals surface area contributed by atoms with Gasteiger partial charge in [-0.05, 0) is 43.3 Å². The number of H-pyrrole nitrogens is 1. The van der Waals surface area contributed by atoms with Gasteiger partial charge in [-0.2, -0.15) is 13.2 Å². The van der Waals surface area contributed by atoms with Crippen LogP contribution in [0.25, 0.3) is 22.0 Å². The largest absolute Gasteiger partial charge is 0.496 e. The molecule has 3 nitrogen and oxygen atoms in total. The highest BCUT2D eigenvalue weighted by atomic mass is 35.5. The van der Waals surface area contributed by atoms with Gasteiger partial charge < -0.3 is 9.72 Å². The molecule has 0 saturated heterocycles. The normalized spacial score (nSPS) is 11.8. The van der Waals surface area contributed by atoms with Crippen molar-refractivity contribution in [1.82, 2.24) is 4.98 Å². The summed E-state index contributed by atoms with van der Waals surface area (Å²) in [5.74, 6) is 0.414. The summed E-state index contributed by atoms with van der Waals surface area (Å²) in [4.78, 5) is 14.8. The highest BCUT2D eigenvalue weighted by molar-refractivity contribution is 6.31. The molecule has 0 fully saturated rings. The fourth-order valence-corrected chi connectivity index (χ4v) is 2.96. The van der Waals surface area contributed by atoms with Gasteiger partial charge in [-0.3, -0.25) is 4.79 Å². The molecule has 0 radical (unpaired) electrons. The Morgan fingerprint density at radius 3 is 2.48 bits per heavy atom. The summed E-state index contributed by atoms with van der Waals surface area (Å²) in [6.45, 7) is 1.55. The van der Waals surface area contributed by atoms with Crippen LogP contribution in [0.5, 0.6) is 5.75 Å². The van der Waals surface area contributed by atoms with E-state index >= 15 is 0 Å². The number of rotatable bonds is 2. The standard InChI is InChI=1S/C18H13ClF3NO2/c1-9-16(13-8-11(19)4-6-15(13)25-2)12-7-10(18(20,21)22)3-5-14(12)23-17(9)24/h3-8H,1-2H3,(H,23,24). The van der Waals surface area contributed by atoms with Crippen LogP contribution in [0, 0.1) is 6.92 Å². The second kappa shape index (κ2) is 6.11. The average molecular weight is 368 g/mol. The van der Waals surface area contributed by atoms with Gasteiger partial charge in [0.15, 0.2) is 0 Å². The van der Waals surface area contributed by atoms with E-state index < -0.39 is 11.7 Å². The van der Waals surface area contributed by atoms with E-state index in [4.69, 9.17) is 16.3 Å². The van der Waals surface area contributed by atoms with E-state index in [2.05, 4.69) is 4.98 Å². The van der Waals surface area contributed by atoms with Gasteiger partial charge in [-0.1, -0.05) is 11.6 Å². The van der Waals surface area contributed by atoms with Crippen molar-refractivity contribution < 1.29 is 17.9 Å². The van der Waals surface area contributed by atoms with Crippen molar-refractivity contribution >= 4 is 22.5 Å². The number of benzene rings is 2. The first-order chi connectivity index (χ1) is 11.7. The van der Waals surface area contributed by atoms with E-state index in [1.54, 1.807) is 25.1 Å². The minimum atomic E-state index is -4.49. The fraction of sp³-hybridized carbons (Fsp3) is 0.167. The lowest BCUT2D eigenvalue weighted by Gasteiger charge is -2.15. The topological polar surface area (TPSA) is 42.1 Å². The maximum Gasteiger partial charge on any atom is 0.416 e. The number of fused-ring (bicyclic) bond motifs is 1. The van der Waals surface area contributed by atoms with Crippen LogP contribution in [-0.4, -0.2) is 12.1 Å². The first kappa shape index (κ1) is 17.4. The first-order valence-electron chi connectivity index (χ1n) is 7.30. The van der Waals surface area contributed by atoms with Crippen molar-refractivity contribution in [3.05, 3.63) is 62.9 Å². The number of alkyl halides is 3. The number of halogens is 4. The van der Waals surface area contributed by atoms with Crippen LogP contribution in [0.2, 0.25) is 5.02 Å². The van der Waals surface area contributed by atoms with Crippen molar-refractivity contribution in [2.24, 2.45) is 0 Å². The molecule has 0 spiro atoms. The molecule has 1 heterocycles. The molecule has 0 bridgehead atoms. The molecule has 0 aliphatic heterocycles. The lowest BCUT2D eigenvalue weighted by atomic mass is 9.95. The van der Waals surface area contributed by atoms with E-state index in [1.165, 1.54) is 13.2 Å². The third kappa shape index (κ3) is 3.09. The predicted octanol–water partition coefficient (Wildman–Crippen LogP) is 5.18. The molecule has 0 aliphatic rings. The summed E-state index contributed by atoms with van der Waals surface area (Å²) < 4.78 is 44.7. The SMILES string of the molecule is COc1ccc(Cl)cc1-c1c(C)c(=O)[nH]c2ccc(C(F)(F)F)cc12. The smallest absolute Gasteiger partial charge is 0.416 e. The number of methoxy groups -OCH3 is 1. The summed E-state index contributed by atoms with van der Waals surface area (Å²) in [5, 5.41) is 0.656. The van der Waals surface area contributed by atoms with Crippen molar-refractivity contribution in [1.29, 1.82) is 0 Å². The monoisotopic (exact) mass is 367 g/mol. The number of aromatic amines is 1. The van der Waals surface area contributed by atoms with Gasteiger partial charge in [0.25, 0.3) is 5.56 Å². The zero-order chi connectivity index (χ0) is 18.4. The van der Waals surface area contributed by atoms with Gasteiger partial charge in [-0.25, -0.2) is 0 Å². The lowest BCUT2D eigenvalue weighted by molar-refractivity contribution is -0.137. The predicted molar refractivity (Wildman–Crippen MR) is 91.3 cm³/mol. The molecular formula is C18H13ClF3NO2. The van der Waals surface area contributed by atoms with Gasteiger partial charge in [0, 0.05) is 32.6 Å². The van der Waals surface area contributed by atoms with Crippen LogP contribution < -0.4 is 10.3 Å². The van der Waals surface area contributed by atoms with Crippen molar-refractivity contribution in [2.45, 2.75) is 13.1 Å². The van der Waals surface area contributed by atoms with Gasteiger partial charge in [0.05, 0.1) is 12.7 Å². The molecular weight excluding hydrogens is 355 g/mol. The Kier molecular flexibility index (Phi) is 4.24. The van der Waals surface area contributed by atoms with Crippen LogP contribution in [0.15, 0.2) is 41.2 Å². The third-order valence-corrected chi connectivity index (χ3v) is 4.25. The van der Waals surface area contributed by atoms with Gasteiger partial charge in [0.1, 0.15) is 5.75 Å². The fourth-order valence-electron chi connectivity index (χ4n) is 2.79. The highest BCUT2D eigenvalue weighted by Crippen LogP contribution is 2.39. The molecule has 0 atom stereocenters. The third-order valence-electron chi connectivity index (χ3n) is 4.01. The summed E-state index contributed by atoms with van der Waals surface area (Å²) in [6, 6.07) is 8.00. The van der Waals surface area contributed by atoms with E-state index in [0.29, 0.717) is 27.4 Å². The van der Waals surface area contributed by atoms with Crippen LogP contribution >= 0.6 is 11.6 Å². The maximum atomic E-state index is 13.1. The van der Waals surface area contributed by atoms with Crippen molar-refractivity contribution in [3.63, 3.8) is 0 Å². The minimum absolute atomic E-state index is 0.271. The Balaban J connectivity index is 2.46. The van der Waals surface area contributed by atoms with Crippen molar-refractivity contribution in [3.8, 4) is 16.9 Å². The molecule has 3 aromatic rings. The highest BCUT2D eigenvalue weighted by Gasteiger charge is 2.31. The maximum absolute atomic E-state index is 13.1. The Morgan fingerprint density at radius 2 is 1.84 bits per heavy atom. The van der Waals surface area contributed by atoms with Gasteiger partial charge in [-0.15, -0.1) is 0 Å². The minimum Gasteiger partial charge on any atom is -0.496 e. The number of aromatic nitrogens is 1. The quantitative estimate of drug-likeness (QED) is 0.677. The second-order valence-electron chi connectivity index (χ2n) is 5.56. The van der Waals surface area contributed by atoms with Crippen LogP contribution in [0.3, 0.4) is 0 Å². The molecule has 2 aromatic carbocycles. The number of pyridine rings is 1. The Morgan fingerprint density at radius 1 is 1.12 bits per heavy atom. The van der Waals surface area contributed by atoms with E-state index in [-0.39, 0.29) is 16.5 Å². The summed E-state index contributed by atoms with van der Waals surface area (Å²) in [6.07, 6.45) is -4.49. The first-order valence-corrected chi connectivity index (χ1v) is 7.68. The Hall–Kier alpha value is -2.47. The van der Waals surface area contributed by atoms with E-state index in [0.717, 1.165) is 12.1 Å². The molecule has 0 aliphatic carbocycles. The zero-order valence-corrected chi connectivity index (χ0v) is 14.0. The number of hydrogen-bond acceptors (Lipinski definition) is 2. The molecule has 7 heteroatoms. The number of ether oxygens (including phenoxy) is 1. The lowest BCUT2D eigenvalue weighted by Crippen LogP contribution is -2.12. The molecule has 1 aromatic heterocycles. The van der Waals surface area contributed by atoms with E-state index in [1.807, 2.05) is 0 Å². The average Bonchev–Trinajstić information content (AvgIpc) is 2.55. The molecule has 130 valence electrons. The van der Waals surface area contributed by atoms with E-state index in [9.17, 15) is 18.0 Å². The Bertz CT molecular complexity index is 1030. The number of nitrogens with one attached hydrogen (secondary N) is 1. The molecule has 25 heavy (non-hydrogen) atoms. The number of hydrogen-bond donors (Lipinski definition) is 1. The van der Waals surface area contributed by atoms with Gasteiger partial charge >= 0.3 is 6.18 Å². The molecule has 3 rings (SSSR count). The summed E-state index contributed by atoms with van der Waals surface area (Å²) in [5.41, 5.74) is 0.234. The second-order valence-corrected chi connectivity index (χ2v) is 5.99. The van der Waals surface area contributed by atoms with Gasteiger partial charge in [0.2, 0.25) is 0 Å². The molecule has 0 unspecified atom stereocenters. The molecule has 0 saturated carbocycles. The molecule has 1 N–H and O–H groups in total. The molecule has 0 amide bonds. The van der Waals surface area contributed by atoms with Crippen LogP contribution in [0.1, 0.15) is 11.1 Å². The zero-order valence-electron chi connectivity index (χ0n) is 13.3. The van der Waals surface area contributed by atoms with Crippen LogP contribution in [0.4, 0.5) is 13.2 Å². The van der Waals surface area contributed by atoms with Crippen molar-refractivity contribution in [2.75, 3.05) is 7.11 Å². The Labute approximate surface area is 146 Å². The summed E-state index contributed by atoms with van der Waals surface area (Å²) >= 11 is 6.05. The van der Waals surface area contributed by atoms with Crippen LogP contribution in [-0.2, 0) is 6.18 Å². The summed E-state index contributed by atoms with van der Waals surface area (Å²) in [7, 11) is 1.44.